The molecule has 1 aromatic heterocycles. The van der Waals surface area contributed by atoms with Crippen molar-refractivity contribution < 1.29 is 0 Å². The third-order valence-corrected chi connectivity index (χ3v) is 15.2. The fourth-order valence-electron chi connectivity index (χ4n) is 11.4. The zero-order valence-electron chi connectivity index (χ0n) is 41.5. The molecule has 0 radical (unpaired) electrons. The molecule has 0 unspecified atom stereocenters. The first kappa shape index (κ1) is 46.1. The molecule has 0 saturated heterocycles. The van der Waals surface area contributed by atoms with E-state index in [4.69, 9.17) is 9.97 Å². The minimum Gasteiger partial charge on any atom is -0.228 e. The summed E-state index contributed by atoms with van der Waals surface area (Å²) in [5, 5.41) is 7.54. The Bertz CT molecular complexity index is 3210. The van der Waals surface area contributed by atoms with Gasteiger partial charge in [0.05, 0.1) is 11.4 Å². The Labute approximate surface area is 411 Å². The first-order valence-corrected chi connectivity index (χ1v) is 26.3. The Hall–Kier alpha value is -6.64. The van der Waals surface area contributed by atoms with Crippen molar-refractivity contribution in [1.82, 2.24) is 9.97 Å². The standard InChI is InChI=1S/C67H68N2/c1-5-7-9-11-13-19-41-67(42-20-14-12-10-8-6-2)62-43-48(4)27-38-59(62)60-40-36-52(45-63(60)67)65-46-64(51-34-32-50(33-35-51)31-30-49-28-25-47(3)26-29-49)68-66(69-65)53-37-39-58-56-23-16-15-21-54(56)55-22-17-18-24-57(55)61(58)44-53/h15-18,21-40,43-46H,5-14,19-20,41-42H2,1-4H3/b31-30+. The lowest BCUT2D eigenvalue weighted by Gasteiger charge is -2.33. The zero-order valence-corrected chi connectivity index (χ0v) is 41.5. The Morgan fingerprint density at radius 3 is 1.42 bits per heavy atom. The van der Waals surface area contributed by atoms with E-state index in [0.717, 1.165) is 39.5 Å². The summed E-state index contributed by atoms with van der Waals surface area (Å²) < 4.78 is 0. The Morgan fingerprint density at radius 1 is 0.377 bits per heavy atom. The largest absolute Gasteiger partial charge is 0.228 e. The molecule has 0 bridgehead atoms. The van der Waals surface area contributed by atoms with E-state index in [0.29, 0.717) is 0 Å². The summed E-state index contributed by atoms with van der Waals surface area (Å²) in [7, 11) is 0. The Balaban J connectivity index is 1.10. The predicted octanol–water partition coefficient (Wildman–Crippen LogP) is 19.5. The van der Waals surface area contributed by atoms with Gasteiger partial charge in [-0.25, -0.2) is 9.97 Å². The summed E-state index contributed by atoms with van der Waals surface area (Å²) in [5.74, 6) is 0.745. The number of unbranched alkanes of at least 4 members (excludes halogenated alkanes) is 10. The van der Waals surface area contributed by atoms with E-state index in [1.54, 1.807) is 5.56 Å². The van der Waals surface area contributed by atoms with Gasteiger partial charge in [-0.15, -0.1) is 0 Å². The molecule has 1 aliphatic carbocycles. The molecule has 69 heavy (non-hydrogen) atoms. The molecular weight excluding hydrogens is 833 g/mol. The summed E-state index contributed by atoms with van der Waals surface area (Å²) in [6.45, 7) is 9.05. The average molecular weight is 901 g/mol. The molecule has 1 aliphatic rings. The minimum atomic E-state index is -0.0228. The van der Waals surface area contributed by atoms with Crippen molar-refractivity contribution in [1.29, 1.82) is 0 Å². The minimum absolute atomic E-state index is 0.0228. The smallest absolute Gasteiger partial charge is 0.160 e. The Morgan fingerprint density at radius 2 is 0.826 bits per heavy atom. The van der Waals surface area contributed by atoms with Crippen LogP contribution in [0.3, 0.4) is 0 Å². The maximum absolute atomic E-state index is 5.56. The molecule has 0 saturated carbocycles. The third-order valence-electron chi connectivity index (χ3n) is 15.2. The molecule has 0 fully saturated rings. The third kappa shape index (κ3) is 9.69. The lowest BCUT2D eigenvalue weighted by Crippen LogP contribution is -2.25. The molecule has 2 nitrogen and oxygen atoms in total. The number of fused-ring (bicyclic) bond motifs is 9. The highest BCUT2D eigenvalue weighted by Gasteiger charge is 2.42. The second-order valence-corrected chi connectivity index (χ2v) is 20.1. The van der Waals surface area contributed by atoms with Gasteiger partial charge in [0.1, 0.15) is 0 Å². The van der Waals surface area contributed by atoms with E-state index < -0.39 is 0 Å². The number of rotatable bonds is 19. The van der Waals surface area contributed by atoms with E-state index >= 15 is 0 Å². The van der Waals surface area contributed by atoms with Gasteiger partial charge in [0.25, 0.3) is 0 Å². The van der Waals surface area contributed by atoms with E-state index in [-0.39, 0.29) is 5.41 Å². The number of hydrogen-bond donors (Lipinski definition) is 0. The number of benzene rings is 8. The van der Waals surface area contributed by atoms with Crippen molar-refractivity contribution in [2.75, 3.05) is 0 Å². The second kappa shape index (κ2) is 20.9. The number of hydrogen-bond acceptors (Lipinski definition) is 2. The Kier molecular flexibility index (Phi) is 14.0. The van der Waals surface area contributed by atoms with Crippen LogP contribution in [0.2, 0.25) is 0 Å². The summed E-state index contributed by atoms with van der Waals surface area (Å²) >= 11 is 0. The van der Waals surface area contributed by atoms with Crippen LogP contribution in [0, 0.1) is 13.8 Å². The van der Waals surface area contributed by atoms with E-state index in [9.17, 15) is 0 Å². The molecule has 1 heterocycles. The molecule has 0 spiro atoms. The van der Waals surface area contributed by atoms with Crippen molar-refractivity contribution in [2.24, 2.45) is 0 Å². The predicted molar refractivity (Wildman–Crippen MR) is 298 cm³/mol. The van der Waals surface area contributed by atoms with Crippen LogP contribution < -0.4 is 0 Å². The maximum atomic E-state index is 5.56. The summed E-state index contributed by atoms with van der Waals surface area (Å²) in [4.78, 5) is 11.0. The highest BCUT2D eigenvalue weighted by atomic mass is 14.9. The summed E-state index contributed by atoms with van der Waals surface area (Å²) in [6, 6.07) is 58.9. The van der Waals surface area contributed by atoms with Crippen LogP contribution in [0.4, 0.5) is 0 Å². The molecule has 2 heteroatoms. The maximum Gasteiger partial charge on any atom is 0.160 e. The lowest BCUT2D eigenvalue weighted by atomic mass is 9.70. The van der Waals surface area contributed by atoms with Crippen LogP contribution in [0.25, 0.3) is 89.5 Å². The van der Waals surface area contributed by atoms with Crippen LogP contribution in [-0.2, 0) is 5.41 Å². The van der Waals surface area contributed by atoms with Crippen LogP contribution in [0.15, 0.2) is 158 Å². The second-order valence-electron chi connectivity index (χ2n) is 20.1. The van der Waals surface area contributed by atoms with Gasteiger partial charge in [-0.1, -0.05) is 254 Å². The molecule has 0 aliphatic heterocycles. The molecule has 0 amide bonds. The zero-order chi connectivity index (χ0) is 47.2. The number of aryl methyl sites for hydroxylation is 2. The van der Waals surface area contributed by atoms with Gasteiger partial charge in [0.2, 0.25) is 0 Å². The topological polar surface area (TPSA) is 25.8 Å². The van der Waals surface area contributed by atoms with Gasteiger partial charge < -0.3 is 0 Å². The van der Waals surface area contributed by atoms with Crippen LogP contribution in [0.1, 0.15) is 137 Å². The van der Waals surface area contributed by atoms with E-state index in [2.05, 4.69) is 198 Å². The van der Waals surface area contributed by atoms with E-state index in [1.807, 2.05) is 0 Å². The van der Waals surface area contributed by atoms with E-state index in [1.165, 1.54) is 156 Å². The summed E-state index contributed by atoms with van der Waals surface area (Å²) in [6.07, 6.45) is 22.4. The van der Waals surface area contributed by atoms with Crippen LogP contribution >= 0.6 is 0 Å². The average Bonchev–Trinajstić information content (AvgIpc) is 3.65. The highest BCUT2D eigenvalue weighted by Crippen LogP contribution is 2.55. The SMILES string of the molecule is CCCCCCCCC1(CCCCCCCC)c2cc(C)ccc2-c2ccc(-c3cc(-c4ccc(/C=C/c5ccc(C)cc5)cc4)nc(-c4ccc5c6ccccc6c6ccccc6c5c4)n3)cc21. The molecule has 9 aromatic rings. The number of aromatic nitrogens is 2. The molecule has 0 atom stereocenters. The van der Waals surface area contributed by atoms with Crippen molar-refractivity contribution in [2.45, 2.75) is 123 Å². The molecule has 8 aromatic carbocycles. The quantitative estimate of drug-likeness (QED) is 0.0459. The van der Waals surface area contributed by atoms with Gasteiger partial charge in [0.15, 0.2) is 5.82 Å². The number of nitrogens with zero attached hydrogens (tertiary/aromatic N) is 2. The summed E-state index contributed by atoms with van der Waals surface area (Å²) in [5.41, 5.74) is 16.0. The first-order valence-electron chi connectivity index (χ1n) is 26.3. The van der Waals surface area contributed by atoms with Gasteiger partial charge in [-0.2, -0.15) is 0 Å². The highest BCUT2D eigenvalue weighted by molar-refractivity contribution is 6.25. The van der Waals surface area contributed by atoms with Gasteiger partial charge >= 0.3 is 0 Å². The molecule has 346 valence electrons. The molecule has 10 rings (SSSR count). The molecule has 0 N–H and O–H groups in total. The van der Waals surface area contributed by atoms with Crippen molar-refractivity contribution in [3.63, 3.8) is 0 Å². The lowest BCUT2D eigenvalue weighted by molar-refractivity contribution is 0.398. The van der Waals surface area contributed by atoms with Crippen molar-refractivity contribution >= 4 is 44.5 Å². The molecular formula is C67H68N2. The fourth-order valence-corrected chi connectivity index (χ4v) is 11.4. The van der Waals surface area contributed by atoms with Gasteiger partial charge in [-0.05, 0) is 111 Å². The van der Waals surface area contributed by atoms with Crippen molar-refractivity contribution in [3.05, 3.63) is 191 Å². The normalized spacial score (nSPS) is 12.9. The van der Waals surface area contributed by atoms with Crippen molar-refractivity contribution in [3.8, 4) is 45.0 Å². The first-order chi connectivity index (χ1) is 33.9. The van der Waals surface area contributed by atoms with Gasteiger partial charge in [0, 0.05) is 22.1 Å². The fraction of sp³-hybridized carbons (Fsp3) is 0.284. The monoisotopic (exact) mass is 901 g/mol. The van der Waals surface area contributed by atoms with Crippen LogP contribution in [-0.4, -0.2) is 9.97 Å². The van der Waals surface area contributed by atoms with Gasteiger partial charge in [-0.3, -0.25) is 0 Å². The van der Waals surface area contributed by atoms with Crippen LogP contribution in [0.5, 0.6) is 0 Å².